The molecule has 0 aromatic heterocycles. The van der Waals surface area contributed by atoms with E-state index in [9.17, 15) is 16.8 Å². The molecule has 5 nitrogen and oxygen atoms in total. The van der Waals surface area contributed by atoms with Crippen LogP contribution >= 0.6 is 25.3 Å². The second-order valence-electron chi connectivity index (χ2n) is 4.53. The van der Waals surface area contributed by atoms with Gasteiger partial charge in [-0.15, -0.1) is 25.3 Å². The molecule has 128 valence electrons. The molecule has 0 spiro atoms. The molecule has 0 aliphatic rings. The highest BCUT2D eigenvalue weighted by Crippen LogP contribution is 2.12. The van der Waals surface area contributed by atoms with E-state index >= 15 is 0 Å². The highest BCUT2D eigenvalue weighted by molar-refractivity contribution is 7.91. The molecule has 0 unspecified atom stereocenters. The van der Waals surface area contributed by atoms with E-state index in [0.717, 1.165) is 9.79 Å². The van der Waals surface area contributed by atoms with Crippen molar-refractivity contribution < 1.29 is 22.3 Å². The van der Waals surface area contributed by atoms with E-state index in [1.165, 1.54) is 36.8 Å². The highest BCUT2D eigenvalue weighted by Gasteiger charge is 2.05. The van der Waals surface area contributed by atoms with Crippen LogP contribution in [0.25, 0.3) is 0 Å². The normalized spacial score (nSPS) is 11.0. The fourth-order valence-electron chi connectivity index (χ4n) is 1.39. The first-order chi connectivity index (χ1) is 10.00. The first-order valence-electron chi connectivity index (χ1n) is 5.98. The molecule has 0 amide bonds. The van der Waals surface area contributed by atoms with Crippen LogP contribution in [0.4, 0.5) is 0 Å². The third-order valence-electron chi connectivity index (χ3n) is 2.53. The van der Waals surface area contributed by atoms with Crippen LogP contribution in [0.2, 0.25) is 0 Å². The van der Waals surface area contributed by atoms with Gasteiger partial charge in [-0.3, -0.25) is 0 Å². The molecular weight excluding hydrogens is 376 g/mol. The summed E-state index contributed by atoms with van der Waals surface area (Å²) in [6.07, 6.45) is 2.36. The van der Waals surface area contributed by atoms with Gasteiger partial charge in [0.05, 0.1) is 9.79 Å². The van der Waals surface area contributed by atoms with E-state index in [2.05, 4.69) is 25.3 Å². The Balaban J connectivity index is 0.000000403. The maximum Gasteiger partial charge on any atom is 0.175 e. The van der Waals surface area contributed by atoms with Crippen molar-refractivity contribution in [2.24, 2.45) is 0 Å². The van der Waals surface area contributed by atoms with Gasteiger partial charge < -0.3 is 5.48 Å². The van der Waals surface area contributed by atoms with Crippen LogP contribution < -0.4 is 0 Å². The van der Waals surface area contributed by atoms with Crippen molar-refractivity contribution in [2.45, 2.75) is 19.6 Å². The number of sulfone groups is 2. The standard InChI is InChI=1S/2C7H8O2S2.H2O/c2*1-11(8,9)7-4-2-6(10)3-5-7;/h2*2-5,10H,1H3;1H2. The summed E-state index contributed by atoms with van der Waals surface area (Å²) in [5.74, 6) is 0. The van der Waals surface area contributed by atoms with E-state index in [1.54, 1.807) is 24.3 Å². The van der Waals surface area contributed by atoms with E-state index in [0.29, 0.717) is 9.79 Å². The zero-order chi connectivity index (χ0) is 17.0. The van der Waals surface area contributed by atoms with Crippen molar-refractivity contribution in [2.75, 3.05) is 12.5 Å². The molecule has 0 bridgehead atoms. The Kier molecular flexibility index (Phi) is 8.36. The summed E-state index contributed by atoms with van der Waals surface area (Å²) >= 11 is 8.07. The van der Waals surface area contributed by atoms with Crippen molar-refractivity contribution in [1.29, 1.82) is 0 Å². The van der Waals surface area contributed by atoms with Gasteiger partial charge in [-0.2, -0.15) is 0 Å². The predicted octanol–water partition coefficient (Wildman–Crippen LogP) is 1.93. The first-order valence-corrected chi connectivity index (χ1v) is 10.7. The Morgan fingerprint density at radius 1 is 0.609 bits per heavy atom. The Hall–Kier alpha value is -1.00. The average Bonchev–Trinajstić information content (AvgIpc) is 2.38. The monoisotopic (exact) mass is 394 g/mol. The molecule has 0 radical (unpaired) electrons. The van der Waals surface area contributed by atoms with Crippen LogP contribution in [0.1, 0.15) is 0 Å². The van der Waals surface area contributed by atoms with Crippen LogP contribution in [0, 0.1) is 0 Å². The van der Waals surface area contributed by atoms with E-state index < -0.39 is 19.7 Å². The fraction of sp³-hybridized carbons (Fsp3) is 0.143. The van der Waals surface area contributed by atoms with Gasteiger partial charge in [-0.05, 0) is 48.5 Å². The second-order valence-corrected chi connectivity index (χ2v) is 9.60. The molecule has 9 heteroatoms. The molecule has 0 saturated carbocycles. The minimum Gasteiger partial charge on any atom is -0.412 e. The number of rotatable bonds is 2. The summed E-state index contributed by atoms with van der Waals surface area (Å²) < 4.78 is 43.7. The second kappa shape index (κ2) is 8.74. The van der Waals surface area contributed by atoms with Gasteiger partial charge in [0.2, 0.25) is 0 Å². The van der Waals surface area contributed by atoms with Crippen LogP contribution in [0.3, 0.4) is 0 Å². The summed E-state index contributed by atoms with van der Waals surface area (Å²) in [6.45, 7) is 0. The van der Waals surface area contributed by atoms with Crippen LogP contribution in [-0.2, 0) is 19.7 Å². The van der Waals surface area contributed by atoms with Crippen molar-refractivity contribution in [1.82, 2.24) is 0 Å². The van der Waals surface area contributed by atoms with Gasteiger partial charge in [-0.25, -0.2) is 16.8 Å². The largest absolute Gasteiger partial charge is 0.412 e. The number of benzene rings is 2. The zero-order valence-electron chi connectivity index (χ0n) is 12.5. The van der Waals surface area contributed by atoms with Crippen molar-refractivity contribution in [3.8, 4) is 0 Å². The molecule has 0 aliphatic carbocycles. The topological polar surface area (TPSA) is 99.8 Å². The van der Waals surface area contributed by atoms with Gasteiger partial charge in [0.15, 0.2) is 19.7 Å². The van der Waals surface area contributed by atoms with E-state index in [-0.39, 0.29) is 5.48 Å². The quantitative estimate of drug-likeness (QED) is 0.760. The summed E-state index contributed by atoms with van der Waals surface area (Å²) in [6, 6.07) is 12.8. The maximum absolute atomic E-state index is 10.9. The molecule has 0 fully saturated rings. The predicted molar refractivity (Wildman–Crippen MR) is 97.2 cm³/mol. The molecule has 0 atom stereocenters. The molecule has 2 aromatic carbocycles. The van der Waals surface area contributed by atoms with Gasteiger partial charge >= 0.3 is 0 Å². The molecule has 0 heterocycles. The highest BCUT2D eigenvalue weighted by atomic mass is 32.2. The summed E-state index contributed by atoms with van der Waals surface area (Å²) in [4.78, 5) is 2.18. The zero-order valence-corrected chi connectivity index (χ0v) is 15.9. The Morgan fingerprint density at radius 2 is 0.826 bits per heavy atom. The Bertz CT molecular complexity index is 750. The van der Waals surface area contributed by atoms with Crippen LogP contribution in [0.5, 0.6) is 0 Å². The van der Waals surface area contributed by atoms with E-state index in [1.807, 2.05) is 0 Å². The molecule has 2 rings (SSSR count). The lowest BCUT2D eigenvalue weighted by Crippen LogP contribution is -1.95. The van der Waals surface area contributed by atoms with Crippen LogP contribution in [0.15, 0.2) is 68.1 Å². The number of hydrogen-bond acceptors (Lipinski definition) is 6. The van der Waals surface area contributed by atoms with Crippen LogP contribution in [-0.4, -0.2) is 34.8 Å². The van der Waals surface area contributed by atoms with Crippen molar-refractivity contribution in [3.63, 3.8) is 0 Å². The molecule has 0 aliphatic heterocycles. The number of hydrogen-bond donors (Lipinski definition) is 2. The third-order valence-corrected chi connectivity index (χ3v) is 5.38. The van der Waals surface area contributed by atoms with Crippen molar-refractivity contribution in [3.05, 3.63) is 48.5 Å². The summed E-state index contributed by atoms with van der Waals surface area (Å²) in [7, 11) is -6.11. The SMILES string of the molecule is CS(=O)(=O)c1ccc(S)cc1.CS(=O)(=O)c1ccc(S)cc1.O. The van der Waals surface area contributed by atoms with Gasteiger partial charge in [0.25, 0.3) is 0 Å². The van der Waals surface area contributed by atoms with Crippen molar-refractivity contribution >= 4 is 44.9 Å². The molecule has 23 heavy (non-hydrogen) atoms. The van der Waals surface area contributed by atoms with Gasteiger partial charge in [0.1, 0.15) is 0 Å². The summed E-state index contributed by atoms with van der Waals surface area (Å²) in [5.41, 5.74) is 0. The smallest absolute Gasteiger partial charge is 0.175 e. The number of thiol groups is 2. The van der Waals surface area contributed by atoms with Gasteiger partial charge in [0, 0.05) is 22.3 Å². The summed E-state index contributed by atoms with van der Waals surface area (Å²) in [5, 5.41) is 0. The lowest BCUT2D eigenvalue weighted by Gasteiger charge is -1.96. The Morgan fingerprint density at radius 3 is 1.00 bits per heavy atom. The lowest BCUT2D eigenvalue weighted by atomic mass is 10.4. The first kappa shape index (κ1) is 22.0. The molecule has 2 N–H and O–H groups in total. The Labute approximate surface area is 147 Å². The molecule has 2 aromatic rings. The maximum atomic E-state index is 10.9. The minimum absolute atomic E-state index is 0. The molecular formula is C14H18O5S4. The molecule has 0 saturated heterocycles. The fourth-order valence-corrected chi connectivity index (χ4v) is 2.95. The lowest BCUT2D eigenvalue weighted by molar-refractivity contribution is 0.600. The third kappa shape index (κ3) is 7.89. The van der Waals surface area contributed by atoms with Gasteiger partial charge in [-0.1, -0.05) is 0 Å². The van der Waals surface area contributed by atoms with E-state index in [4.69, 9.17) is 0 Å². The average molecular weight is 395 g/mol. The minimum atomic E-state index is -3.05.